The monoisotopic (exact) mass is 281 g/mol. The molecule has 0 saturated carbocycles. The van der Waals surface area contributed by atoms with Crippen LogP contribution < -0.4 is 0 Å². The van der Waals surface area contributed by atoms with Crippen LogP contribution in [0.5, 0.6) is 0 Å². The summed E-state index contributed by atoms with van der Waals surface area (Å²) in [6, 6.07) is 0. The molecule has 4 nitrogen and oxygen atoms in total. The van der Waals surface area contributed by atoms with E-state index in [1.807, 2.05) is 22.6 Å². The van der Waals surface area contributed by atoms with Crippen molar-refractivity contribution in [3.8, 4) is 0 Å². The molecule has 0 aromatic carbocycles. The van der Waals surface area contributed by atoms with Gasteiger partial charge in [0.15, 0.2) is 0 Å². The minimum Gasteiger partial charge on any atom is -0.480 e. The van der Waals surface area contributed by atoms with Gasteiger partial charge in [-0.15, -0.1) is 0 Å². The third-order valence-electron chi connectivity index (χ3n) is 1.42. The lowest BCUT2D eigenvalue weighted by Crippen LogP contribution is -2.36. The second kappa shape index (κ2) is 3.90. The van der Waals surface area contributed by atoms with E-state index in [0.717, 1.165) is 3.70 Å². The van der Waals surface area contributed by atoms with Crippen molar-refractivity contribution in [2.45, 2.75) is 6.23 Å². The Kier molecular flexibility index (Phi) is 3.10. The molecule has 5 heteroatoms. The molecule has 0 saturated heterocycles. The molecule has 1 heterocycles. The van der Waals surface area contributed by atoms with Gasteiger partial charge in [0.2, 0.25) is 0 Å². The van der Waals surface area contributed by atoms with Crippen LogP contribution in [-0.2, 0) is 4.79 Å². The van der Waals surface area contributed by atoms with Crippen LogP contribution in [0.1, 0.15) is 0 Å². The Bertz CT molecular complexity index is 249. The van der Waals surface area contributed by atoms with E-state index in [1.165, 1.54) is 11.0 Å². The normalized spacial score (nSPS) is 22.3. The smallest absolute Gasteiger partial charge is 0.323 e. The standard InChI is InChI=1S/C7H8INO3/c8-5-2-1-3-6(10)9(5)4-7(11)12/h1-3,6,10H,4H2,(H,11,12). The van der Waals surface area contributed by atoms with Gasteiger partial charge in [-0.1, -0.05) is 6.08 Å². The Balaban J connectivity index is 2.68. The van der Waals surface area contributed by atoms with Crippen LogP contribution in [0, 0.1) is 0 Å². The van der Waals surface area contributed by atoms with E-state index in [2.05, 4.69) is 0 Å². The number of aliphatic hydroxyl groups excluding tert-OH is 1. The summed E-state index contributed by atoms with van der Waals surface area (Å²) in [5.41, 5.74) is 0. The lowest BCUT2D eigenvalue weighted by molar-refractivity contribution is -0.139. The third-order valence-corrected chi connectivity index (χ3v) is 2.40. The Morgan fingerprint density at radius 1 is 1.75 bits per heavy atom. The summed E-state index contributed by atoms with van der Waals surface area (Å²) in [5, 5.41) is 17.8. The molecular weight excluding hydrogens is 273 g/mol. The number of carbonyl (C=O) groups is 1. The highest BCUT2D eigenvalue weighted by Crippen LogP contribution is 2.19. The molecule has 0 fully saturated rings. The Hall–Kier alpha value is -0.560. The molecule has 12 heavy (non-hydrogen) atoms. The molecule has 0 bridgehead atoms. The molecule has 1 aliphatic heterocycles. The number of nitrogens with zero attached hydrogens (tertiary/aromatic N) is 1. The van der Waals surface area contributed by atoms with Gasteiger partial charge in [-0.2, -0.15) is 0 Å². The number of halogens is 1. The van der Waals surface area contributed by atoms with Gasteiger partial charge < -0.3 is 15.1 Å². The molecule has 0 radical (unpaired) electrons. The number of allylic oxidation sites excluding steroid dienone is 2. The summed E-state index contributed by atoms with van der Waals surface area (Å²) in [4.78, 5) is 11.7. The number of aliphatic hydroxyl groups is 1. The number of hydrogen-bond donors (Lipinski definition) is 2. The summed E-state index contributed by atoms with van der Waals surface area (Å²) >= 11 is 1.98. The number of rotatable bonds is 2. The van der Waals surface area contributed by atoms with Gasteiger partial charge in [-0.25, -0.2) is 0 Å². The molecular formula is C7H8INO3. The van der Waals surface area contributed by atoms with Crippen LogP contribution in [0.2, 0.25) is 0 Å². The van der Waals surface area contributed by atoms with E-state index >= 15 is 0 Å². The van der Waals surface area contributed by atoms with Gasteiger partial charge in [-0.3, -0.25) is 4.79 Å². The van der Waals surface area contributed by atoms with Crippen LogP contribution in [0.15, 0.2) is 21.9 Å². The van der Waals surface area contributed by atoms with E-state index in [1.54, 1.807) is 12.2 Å². The van der Waals surface area contributed by atoms with Gasteiger partial charge in [0.05, 0.1) is 3.70 Å². The van der Waals surface area contributed by atoms with Gasteiger partial charge in [0.25, 0.3) is 0 Å². The maximum Gasteiger partial charge on any atom is 0.323 e. The van der Waals surface area contributed by atoms with Crippen LogP contribution in [0.3, 0.4) is 0 Å². The molecule has 0 aliphatic carbocycles. The summed E-state index contributed by atoms with van der Waals surface area (Å²) in [7, 11) is 0. The number of hydrogen-bond acceptors (Lipinski definition) is 3. The fourth-order valence-corrected chi connectivity index (χ4v) is 1.54. The van der Waals surface area contributed by atoms with Gasteiger partial charge in [0.1, 0.15) is 12.8 Å². The molecule has 2 N–H and O–H groups in total. The first-order valence-electron chi connectivity index (χ1n) is 3.32. The number of carboxylic acid groups (broad SMARTS) is 1. The van der Waals surface area contributed by atoms with Crippen LogP contribution in [0.25, 0.3) is 0 Å². The lowest BCUT2D eigenvalue weighted by atomic mass is 10.3. The van der Waals surface area contributed by atoms with Crippen molar-refractivity contribution in [3.05, 3.63) is 21.9 Å². The molecule has 0 spiro atoms. The summed E-state index contributed by atoms with van der Waals surface area (Å²) in [6.45, 7) is -0.180. The van der Waals surface area contributed by atoms with Gasteiger partial charge in [-0.05, 0) is 34.7 Å². The zero-order valence-electron chi connectivity index (χ0n) is 6.14. The van der Waals surface area contributed by atoms with E-state index < -0.39 is 12.2 Å². The zero-order chi connectivity index (χ0) is 9.14. The highest BCUT2D eigenvalue weighted by Gasteiger charge is 2.18. The molecule has 0 aromatic heterocycles. The summed E-state index contributed by atoms with van der Waals surface area (Å²) in [6.07, 6.45) is 4.16. The lowest BCUT2D eigenvalue weighted by Gasteiger charge is -2.27. The average molecular weight is 281 g/mol. The predicted octanol–water partition coefficient (Wildman–Crippen LogP) is 0.538. The topological polar surface area (TPSA) is 60.8 Å². The molecule has 0 amide bonds. The fourth-order valence-electron chi connectivity index (χ4n) is 0.875. The fraction of sp³-hybridized carbons (Fsp3) is 0.286. The van der Waals surface area contributed by atoms with Crippen LogP contribution in [-0.4, -0.2) is 33.9 Å². The third kappa shape index (κ3) is 2.21. The second-order valence-corrected chi connectivity index (χ2v) is 3.41. The Labute approximate surface area is 83.3 Å². The number of aliphatic carboxylic acids is 1. The largest absolute Gasteiger partial charge is 0.480 e. The van der Waals surface area contributed by atoms with Crippen molar-refractivity contribution < 1.29 is 15.0 Å². The van der Waals surface area contributed by atoms with Crippen molar-refractivity contribution in [2.24, 2.45) is 0 Å². The first-order chi connectivity index (χ1) is 5.61. The molecule has 66 valence electrons. The van der Waals surface area contributed by atoms with Crippen molar-refractivity contribution in [3.63, 3.8) is 0 Å². The van der Waals surface area contributed by atoms with E-state index in [-0.39, 0.29) is 6.54 Å². The quantitative estimate of drug-likeness (QED) is 0.573. The molecule has 1 unspecified atom stereocenters. The van der Waals surface area contributed by atoms with Crippen LogP contribution in [0.4, 0.5) is 0 Å². The minimum absolute atomic E-state index is 0.180. The molecule has 1 atom stereocenters. The average Bonchev–Trinajstić information content (AvgIpc) is 1.97. The molecule has 1 aliphatic rings. The highest BCUT2D eigenvalue weighted by molar-refractivity contribution is 14.1. The maximum absolute atomic E-state index is 10.4. The summed E-state index contributed by atoms with van der Waals surface area (Å²) < 4.78 is 0.727. The SMILES string of the molecule is O=C(O)CN1C(I)=CC=CC1O. The van der Waals surface area contributed by atoms with E-state index in [0.29, 0.717) is 0 Å². The van der Waals surface area contributed by atoms with Crippen LogP contribution >= 0.6 is 22.6 Å². The van der Waals surface area contributed by atoms with Crippen molar-refractivity contribution in [2.75, 3.05) is 6.54 Å². The first kappa shape index (κ1) is 9.53. The van der Waals surface area contributed by atoms with Crippen molar-refractivity contribution in [1.29, 1.82) is 0 Å². The Morgan fingerprint density at radius 3 is 2.92 bits per heavy atom. The minimum atomic E-state index is -0.952. The molecule has 0 aromatic rings. The highest BCUT2D eigenvalue weighted by atomic mass is 127. The Morgan fingerprint density at radius 2 is 2.42 bits per heavy atom. The zero-order valence-corrected chi connectivity index (χ0v) is 8.30. The first-order valence-corrected chi connectivity index (χ1v) is 4.39. The van der Waals surface area contributed by atoms with Gasteiger partial charge in [0, 0.05) is 0 Å². The van der Waals surface area contributed by atoms with Crippen molar-refractivity contribution >= 4 is 28.6 Å². The number of carboxylic acids is 1. The van der Waals surface area contributed by atoms with E-state index in [9.17, 15) is 9.90 Å². The maximum atomic E-state index is 10.4. The molecule has 1 rings (SSSR count). The second-order valence-electron chi connectivity index (χ2n) is 2.31. The summed E-state index contributed by atoms with van der Waals surface area (Å²) in [5.74, 6) is -0.952. The van der Waals surface area contributed by atoms with Crippen molar-refractivity contribution in [1.82, 2.24) is 4.90 Å². The predicted molar refractivity (Wildman–Crippen MR) is 51.6 cm³/mol. The van der Waals surface area contributed by atoms with E-state index in [4.69, 9.17) is 5.11 Å². The van der Waals surface area contributed by atoms with Gasteiger partial charge >= 0.3 is 5.97 Å².